The average molecular weight is 277 g/mol. The second-order valence-corrected chi connectivity index (χ2v) is 5.06. The molecule has 0 saturated carbocycles. The predicted octanol–water partition coefficient (Wildman–Crippen LogP) is 3.21. The maximum Gasteiger partial charge on any atom is 0.259 e. The van der Waals surface area contributed by atoms with E-state index in [1.54, 1.807) is 4.90 Å². The average Bonchev–Trinajstić information content (AvgIpc) is 2.74. The first-order valence-electron chi connectivity index (χ1n) is 6.84. The zero-order chi connectivity index (χ0) is 14.8. The lowest BCUT2D eigenvalue weighted by molar-refractivity contribution is -0.114. The van der Waals surface area contributed by atoms with Gasteiger partial charge in [-0.25, -0.2) is 0 Å². The van der Waals surface area contributed by atoms with Crippen molar-refractivity contribution in [2.24, 2.45) is 0 Å². The maximum atomic E-state index is 12.6. The van der Waals surface area contributed by atoms with Gasteiger partial charge in [-0.3, -0.25) is 9.59 Å². The van der Waals surface area contributed by atoms with Gasteiger partial charge in [0.2, 0.25) is 0 Å². The number of benzene rings is 2. The van der Waals surface area contributed by atoms with Crippen LogP contribution in [-0.4, -0.2) is 11.7 Å². The number of fused-ring (bicyclic) bond motifs is 1. The van der Waals surface area contributed by atoms with Crippen LogP contribution in [0, 0.1) is 0 Å². The van der Waals surface area contributed by atoms with Gasteiger partial charge in [-0.2, -0.15) is 0 Å². The highest BCUT2D eigenvalue weighted by molar-refractivity contribution is 6.34. The Morgan fingerprint density at radius 3 is 2.43 bits per heavy atom. The van der Waals surface area contributed by atoms with Crippen LogP contribution in [0.4, 0.5) is 5.69 Å². The van der Waals surface area contributed by atoms with E-state index in [9.17, 15) is 9.59 Å². The minimum Gasteiger partial charge on any atom is -0.303 e. The fourth-order valence-electron chi connectivity index (χ4n) is 2.57. The smallest absolute Gasteiger partial charge is 0.259 e. The number of amides is 1. The molecule has 1 heterocycles. The molecule has 1 amide bonds. The first-order valence-corrected chi connectivity index (χ1v) is 6.84. The summed E-state index contributed by atoms with van der Waals surface area (Å²) in [4.78, 5) is 25.7. The van der Waals surface area contributed by atoms with Crippen LogP contribution in [0.25, 0.3) is 5.57 Å². The van der Waals surface area contributed by atoms with Gasteiger partial charge in [-0.1, -0.05) is 48.5 Å². The summed E-state index contributed by atoms with van der Waals surface area (Å²) in [5.74, 6) is -0.232. The summed E-state index contributed by atoms with van der Waals surface area (Å²) in [6.45, 7) is 1.97. The minimum atomic E-state index is -0.116. The molecule has 0 bridgehead atoms. The van der Waals surface area contributed by atoms with E-state index in [-0.39, 0.29) is 11.7 Å². The number of para-hydroxylation sites is 1. The number of nitrogens with zero attached hydrogens (tertiary/aromatic N) is 1. The van der Waals surface area contributed by atoms with Gasteiger partial charge < -0.3 is 4.90 Å². The summed E-state index contributed by atoms with van der Waals surface area (Å²) in [7, 11) is 0. The SMILES string of the molecule is CC(=O)C=C1C(=O)N(Cc2ccccc2)c2ccccc21. The van der Waals surface area contributed by atoms with Crippen LogP contribution in [0.3, 0.4) is 0 Å². The molecule has 2 aromatic carbocycles. The highest BCUT2D eigenvalue weighted by Gasteiger charge is 2.32. The topological polar surface area (TPSA) is 37.4 Å². The lowest BCUT2D eigenvalue weighted by Crippen LogP contribution is -2.25. The van der Waals surface area contributed by atoms with Crippen LogP contribution in [-0.2, 0) is 16.1 Å². The molecule has 21 heavy (non-hydrogen) atoms. The van der Waals surface area contributed by atoms with Crippen LogP contribution in [0.5, 0.6) is 0 Å². The second-order valence-electron chi connectivity index (χ2n) is 5.06. The highest BCUT2D eigenvalue weighted by Crippen LogP contribution is 2.37. The van der Waals surface area contributed by atoms with Crippen molar-refractivity contribution in [1.29, 1.82) is 0 Å². The Hall–Kier alpha value is -2.68. The summed E-state index contributed by atoms with van der Waals surface area (Å²) >= 11 is 0. The molecule has 0 radical (unpaired) electrons. The largest absolute Gasteiger partial charge is 0.303 e. The first kappa shape index (κ1) is 13.3. The Morgan fingerprint density at radius 1 is 1.05 bits per heavy atom. The van der Waals surface area contributed by atoms with E-state index >= 15 is 0 Å². The third-order valence-corrected chi connectivity index (χ3v) is 3.49. The van der Waals surface area contributed by atoms with E-state index < -0.39 is 0 Å². The number of ketones is 1. The molecule has 3 heteroatoms. The number of carbonyl (C=O) groups excluding carboxylic acids is 2. The summed E-state index contributed by atoms with van der Waals surface area (Å²) in [5, 5.41) is 0. The summed E-state index contributed by atoms with van der Waals surface area (Å²) in [5.41, 5.74) is 3.23. The number of rotatable bonds is 3. The van der Waals surface area contributed by atoms with Gasteiger partial charge in [-0.05, 0) is 24.6 Å². The molecule has 2 aromatic rings. The van der Waals surface area contributed by atoms with Crippen molar-refractivity contribution in [2.75, 3.05) is 4.90 Å². The minimum absolute atomic E-state index is 0.116. The van der Waals surface area contributed by atoms with Crippen LogP contribution >= 0.6 is 0 Å². The van der Waals surface area contributed by atoms with Crippen LogP contribution in [0.1, 0.15) is 18.1 Å². The molecule has 104 valence electrons. The number of hydrogen-bond acceptors (Lipinski definition) is 2. The van der Waals surface area contributed by atoms with Crippen LogP contribution in [0.2, 0.25) is 0 Å². The van der Waals surface area contributed by atoms with E-state index in [2.05, 4.69) is 0 Å². The molecule has 1 aliphatic heterocycles. The molecule has 1 aliphatic rings. The van der Waals surface area contributed by atoms with E-state index in [4.69, 9.17) is 0 Å². The molecule has 0 aliphatic carbocycles. The fraction of sp³-hybridized carbons (Fsp3) is 0.111. The Balaban J connectivity index is 2.03. The number of carbonyl (C=O) groups is 2. The molecular formula is C18H15NO2. The van der Waals surface area contributed by atoms with Gasteiger partial charge in [-0.15, -0.1) is 0 Å². The summed E-state index contributed by atoms with van der Waals surface area (Å²) in [6, 6.07) is 17.4. The molecule has 0 aromatic heterocycles. The van der Waals surface area contributed by atoms with Gasteiger partial charge in [0.15, 0.2) is 5.78 Å². The van der Waals surface area contributed by atoms with Crippen molar-refractivity contribution in [1.82, 2.24) is 0 Å². The van der Waals surface area contributed by atoms with E-state index in [0.717, 1.165) is 16.8 Å². The zero-order valence-electron chi connectivity index (χ0n) is 11.7. The number of allylic oxidation sites excluding steroid dienone is 1. The Kier molecular flexibility index (Phi) is 3.40. The van der Waals surface area contributed by atoms with Crippen LogP contribution in [0.15, 0.2) is 60.7 Å². The Morgan fingerprint density at radius 2 is 1.71 bits per heavy atom. The maximum absolute atomic E-state index is 12.6. The Labute approximate surface area is 123 Å². The molecular weight excluding hydrogens is 262 g/mol. The number of hydrogen-bond donors (Lipinski definition) is 0. The van der Waals surface area contributed by atoms with Crippen molar-refractivity contribution in [3.05, 3.63) is 71.8 Å². The first-order chi connectivity index (χ1) is 10.2. The highest BCUT2D eigenvalue weighted by atomic mass is 16.2. The van der Waals surface area contributed by atoms with Crippen molar-refractivity contribution >= 4 is 23.0 Å². The lowest BCUT2D eigenvalue weighted by Gasteiger charge is -2.17. The molecule has 3 rings (SSSR count). The standard InChI is InChI=1S/C18H15NO2/c1-13(20)11-16-15-9-5-6-10-17(15)19(18(16)21)12-14-7-3-2-4-8-14/h2-11H,12H2,1H3. The van der Waals surface area contributed by atoms with Gasteiger partial charge in [0.25, 0.3) is 5.91 Å². The van der Waals surface area contributed by atoms with Crippen molar-refractivity contribution in [2.45, 2.75) is 13.5 Å². The van der Waals surface area contributed by atoms with Crippen molar-refractivity contribution in [3.63, 3.8) is 0 Å². The predicted molar refractivity (Wildman–Crippen MR) is 82.7 cm³/mol. The Bertz CT molecular complexity index is 732. The monoisotopic (exact) mass is 277 g/mol. The molecule has 0 spiro atoms. The second kappa shape index (κ2) is 5.37. The van der Waals surface area contributed by atoms with E-state index in [0.29, 0.717) is 12.1 Å². The van der Waals surface area contributed by atoms with E-state index in [1.807, 2.05) is 54.6 Å². The third-order valence-electron chi connectivity index (χ3n) is 3.49. The molecule has 0 atom stereocenters. The quantitative estimate of drug-likeness (QED) is 0.808. The molecule has 0 unspecified atom stereocenters. The van der Waals surface area contributed by atoms with Gasteiger partial charge in [0, 0.05) is 5.56 Å². The van der Waals surface area contributed by atoms with Gasteiger partial charge in [0.05, 0.1) is 17.8 Å². The van der Waals surface area contributed by atoms with E-state index in [1.165, 1.54) is 13.0 Å². The third kappa shape index (κ3) is 2.50. The van der Waals surface area contributed by atoms with Crippen molar-refractivity contribution in [3.8, 4) is 0 Å². The van der Waals surface area contributed by atoms with Gasteiger partial charge in [0.1, 0.15) is 0 Å². The van der Waals surface area contributed by atoms with Crippen LogP contribution < -0.4 is 4.90 Å². The number of anilines is 1. The molecule has 3 nitrogen and oxygen atoms in total. The normalized spacial score (nSPS) is 15.4. The molecule has 0 fully saturated rings. The fourth-order valence-corrected chi connectivity index (χ4v) is 2.57. The lowest BCUT2D eigenvalue weighted by atomic mass is 10.1. The van der Waals surface area contributed by atoms with Gasteiger partial charge >= 0.3 is 0 Å². The van der Waals surface area contributed by atoms with Crippen molar-refractivity contribution < 1.29 is 9.59 Å². The molecule has 0 N–H and O–H groups in total. The summed E-state index contributed by atoms with van der Waals surface area (Å²) < 4.78 is 0. The summed E-state index contributed by atoms with van der Waals surface area (Å²) in [6.07, 6.45) is 1.42. The molecule has 0 saturated heterocycles. The zero-order valence-corrected chi connectivity index (χ0v) is 11.7.